The lowest BCUT2D eigenvalue weighted by Crippen LogP contribution is -2.71. The molecule has 3 aliphatic carbocycles. The lowest BCUT2D eigenvalue weighted by atomic mass is 9.46. The largest absolute Gasteiger partial charge is 0.481 e. The Morgan fingerprint density at radius 2 is 1.68 bits per heavy atom. The van der Waals surface area contributed by atoms with Gasteiger partial charge in [0.1, 0.15) is 24.4 Å². The Balaban J connectivity index is 1.52. The standard InChI is InChI=1S/C28H34O12/c1-13(2)14-8-9-27(36)26(3)11-17(38-21(33)6-4-19(29)30)23-15(12-37-25(23)35)16(26)10-18-28(27,40-18)24(14)39-22(34)7-5-20(31)32/h8-9,13-14,16-18,24,36H,4-7,10-12H2,1-3H3,(H,29,30)(H,31,32)/t14?,16?,17-,18-,24+,26-,27+,28+/m0/s1. The highest BCUT2D eigenvalue weighted by atomic mass is 16.7. The monoisotopic (exact) mass is 562 g/mol. The summed E-state index contributed by atoms with van der Waals surface area (Å²) in [5.74, 6) is -5.11. The molecule has 0 radical (unpaired) electrons. The number of ether oxygens (including phenoxy) is 4. The van der Waals surface area contributed by atoms with Crippen molar-refractivity contribution in [3.63, 3.8) is 0 Å². The Kier molecular flexibility index (Phi) is 6.85. The molecule has 1 spiro atoms. The van der Waals surface area contributed by atoms with Crippen LogP contribution in [0.3, 0.4) is 0 Å². The highest BCUT2D eigenvalue weighted by Crippen LogP contribution is 2.71. The molecule has 0 aromatic heterocycles. The topological polar surface area (TPSA) is 186 Å². The Morgan fingerprint density at radius 1 is 1.05 bits per heavy atom. The van der Waals surface area contributed by atoms with E-state index in [1.165, 1.54) is 0 Å². The number of carboxylic acids is 2. The van der Waals surface area contributed by atoms with E-state index in [1.54, 1.807) is 12.2 Å². The molecule has 2 fully saturated rings. The molecule has 8 atom stereocenters. The van der Waals surface area contributed by atoms with Gasteiger partial charge in [-0.1, -0.05) is 32.9 Å². The Morgan fingerprint density at radius 3 is 2.27 bits per heavy atom. The number of aliphatic hydroxyl groups is 1. The van der Waals surface area contributed by atoms with Gasteiger partial charge in [0.15, 0.2) is 5.60 Å². The summed E-state index contributed by atoms with van der Waals surface area (Å²) in [6.45, 7) is 5.69. The number of epoxide rings is 1. The minimum Gasteiger partial charge on any atom is -0.481 e. The first-order valence-electron chi connectivity index (χ1n) is 13.6. The van der Waals surface area contributed by atoms with Crippen molar-refractivity contribution in [3.8, 4) is 0 Å². The molecule has 0 bridgehead atoms. The van der Waals surface area contributed by atoms with Crippen LogP contribution in [0.15, 0.2) is 23.3 Å². The molecule has 1 saturated heterocycles. The second kappa shape index (κ2) is 9.69. The van der Waals surface area contributed by atoms with Crippen molar-refractivity contribution in [3.05, 3.63) is 23.3 Å². The van der Waals surface area contributed by atoms with Crippen LogP contribution in [0.25, 0.3) is 0 Å². The maximum atomic E-state index is 12.7. The Bertz CT molecular complexity index is 1220. The molecule has 218 valence electrons. The van der Waals surface area contributed by atoms with Gasteiger partial charge in [0, 0.05) is 11.3 Å². The maximum absolute atomic E-state index is 12.7. The third-order valence-electron chi connectivity index (χ3n) is 9.44. The molecule has 40 heavy (non-hydrogen) atoms. The molecule has 2 heterocycles. The van der Waals surface area contributed by atoms with E-state index in [0.29, 0.717) is 12.0 Å². The van der Waals surface area contributed by atoms with Gasteiger partial charge in [-0.3, -0.25) is 19.2 Å². The zero-order valence-electron chi connectivity index (χ0n) is 22.6. The second-order valence-electron chi connectivity index (χ2n) is 11.9. The predicted octanol–water partition coefficient (Wildman–Crippen LogP) is 1.53. The maximum Gasteiger partial charge on any atom is 0.338 e. The smallest absolute Gasteiger partial charge is 0.338 e. The van der Waals surface area contributed by atoms with Crippen molar-refractivity contribution >= 4 is 29.8 Å². The number of carboxylic acid groups (broad SMARTS) is 2. The van der Waals surface area contributed by atoms with Crippen LogP contribution in [0.1, 0.15) is 59.3 Å². The fourth-order valence-corrected chi connectivity index (χ4v) is 7.41. The van der Waals surface area contributed by atoms with Crippen LogP contribution in [-0.4, -0.2) is 81.3 Å². The average molecular weight is 563 g/mol. The number of hydrogen-bond donors (Lipinski definition) is 3. The normalized spacial score (nSPS) is 38.9. The summed E-state index contributed by atoms with van der Waals surface area (Å²) < 4.78 is 23.2. The summed E-state index contributed by atoms with van der Waals surface area (Å²) in [4.78, 5) is 60.0. The molecule has 12 nitrogen and oxygen atoms in total. The van der Waals surface area contributed by atoms with Gasteiger partial charge in [0.25, 0.3) is 0 Å². The molecule has 2 unspecified atom stereocenters. The Labute approximate surface area is 230 Å². The number of fused-ring (bicyclic) bond motifs is 3. The van der Waals surface area contributed by atoms with Crippen molar-refractivity contribution in [2.24, 2.45) is 23.2 Å². The first kappa shape index (κ1) is 28.3. The van der Waals surface area contributed by atoms with E-state index in [0.717, 1.165) is 0 Å². The van der Waals surface area contributed by atoms with Crippen molar-refractivity contribution in [2.75, 3.05) is 6.61 Å². The number of carbonyl (C=O) groups excluding carboxylic acids is 3. The third kappa shape index (κ3) is 4.14. The van der Waals surface area contributed by atoms with E-state index >= 15 is 0 Å². The van der Waals surface area contributed by atoms with E-state index in [1.807, 2.05) is 20.8 Å². The van der Waals surface area contributed by atoms with Gasteiger partial charge in [0.2, 0.25) is 0 Å². The third-order valence-corrected chi connectivity index (χ3v) is 9.44. The average Bonchev–Trinajstić information content (AvgIpc) is 3.47. The van der Waals surface area contributed by atoms with Crippen LogP contribution in [0, 0.1) is 23.2 Å². The second-order valence-corrected chi connectivity index (χ2v) is 11.9. The summed E-state index contributed by atoms with van der Waals surface area (Å²) in [6.07, 6.45) is -0.131. The molecule has 0 aromatic carbocycles. The van der Waals surface area contributed by atoms with Crippen molar-refractivity contribution < 1.29 is 58.2 Å². The van der Waals surface area contributed by atoms with E-state index in [9.17, 15) is 29.1 Å². The van der Waals surface area contributed by atoms with Crippen LogP contribution in [-0.2, 0) is 42.9 Å². The number of rotatable bonds is 9. The van der Waals surface area contributed by atoms with Gasteiger partial charge >= 0.3 is 29.8 Å². The molecule has 0 aromatic rings. The van der Waals surface area contributed by atoms with Crippen LogP contribution in [0.5, 0.6) is 0 Å². The van der Waals surface area contributed by atoms with E-state index in [2.05, 4.69) is 0 Å². The molecule has 1 saturated carbocycles. The molecule has 5 aliphatic rings. The van der Waals surface area contributed by atoms with Gasteiger partial charge in [-0.25, -0.2) is 4.79 Å². The number of esters is 3. The zero-order valence-corrected chi connectivity index (χ0v) is 22.6. The first-order valence-corrected chi connectivity index (χ1v) is 13.6. The quantitative estimate of drug-likeness (QED) is 0.159. The highest BCUT2D eigenvalue weighted by molar-refractivity contribution is 5.94. The van der Waals surface area contributed by atoms with Gasteiger partial charge < -0.3 is 34.3 Å². The van der Waals surface area contributed by atoms with E-state index in [4.69, 9.17) is 29.2 Å². The molecule has 0 amide bonds. The summed E-state index contributed by atoms with van der Waals surface area (Å²) in [5.41, 5.74) is -3.26. The number of aliphatic carboxylic acids is 2. The summed E-state index contributed by atoms with van der Waals surface area (Å²) in [5, 5.41) is 30.6. The van der Waals surface area contributed by atoms with Crippen LogP contribution < -0.4 is 0 Å². The predicted molar refractivity (Wildman–Crippen MR) is 132 cm³/mol. The molecule has 5 rings (SSSR count). The minimum atomic E-state index is -1.72. The molecule has 12 heteroatoms. The summed E-state index contributed by atoms with van der Waals surface area (Å²) in [7, 11) is 0. The van der Waals surface area contributed by atoms with E-state index in [-0.39, 0.29) is 49.2 Å². The van der Waals surface area contributed by atoms with Gasteiger partial charge in [-0.15, -0.1) is 0 Å². The number of cyclic esters (lactones) is 1. The van der Waals surface area contributed by atoms with Crippen molar-refractivity contribution in [2.45, 2.75) is 88.8 Å². The number of hydrogen-bond acceptors (Lipinski definition) is 10. The van der Waals surface area contributed by atoms with Gasteiger partial charge in [-0.2, -0.15) is 0 Å². The fraction of sp³-hybridized carbons (Fsp3) is 0.679. The van der Waals surface area contributed by atoms with Gasteiger partial charge in [-0.05, 0) is 30.3 Å². The van der Waals surface area contributed by atoms with Crippen molar-refractivity contribution in [1.82, 2.24) is 0 Å². The van der Waals surface area contributed by atoms with Crippen molar-refractivity contribution in [1.29, 1.82) is 0 Å². The SMILES string of the molecule is CC(C)C1C=C[C@]2(O)[C@]3(O[C@H]3CC3C4=C(C(=O)OC4)[C@@H](OC(=O)CCC(=O)O)C[C@@]32C)[C@@H]1OC(=O)CCC(=O)O. The molecule has 2 aliphatic heterocycles. The Hall–Kier alpha value is -3.25. The first-order chi connectivity index (χ1) is 18.7. The summed E-state index contributed by atoms with van der Waals surface area (Å²) in [6, 6.07) is 0. The lowest BCUT2D eigenvalue weighted by molar-refractivity contribution is -0.200. The summed E-state index contributed by atoms with van der Waals surface area (Å²) >= 11 is 0. The van der Waals surface area contributed by atoms with Crippen LogP contribution in [0.4, 0.5) is 0 Å². The molecular weight excluding hydrogens is 528 g/mol. The molecular formula is C28H34O12. The lowest BCUT2D eigenvalue weighted by Gasteiger charge is -2.59. The van der Waals surface area contributed by atoms with Crippen LogP contribution in [0.2, 0.25) is 0 Å². The van der Waals surface area contributed by atoms with Gasteiger partial charge in [0.05, 0.1) is 37.4 Å². The number of carbonyl (C=O) groups is 5. The molecule has 3 N–H and O–H groups in total. The fourth-order valence-electron chi connectivity index (χ4n) is 7.41. The highest BCUT2D eigenvalue weighted by Gasteiger charge is 2.84. The van der Waals surface area contributed by atoms with E-state index < -0.39 is 77.6 Å². The van der Waals surface area contributed by atoms with Crippen LogP contribution >= 0.6 is 0 Å². The minimum absolute atomic E-state index is 0.00714. The zero-order chi connectivity index (χ0) is 29.2.